The van der Waals surface area contributed by atoms with E-state index in [2.05, 4.69) is 21.1 Å². The van der Waals surface area contributed by atoms with Gasteiger partial charge in [-0.05, 0) is 18.9 Å². The highest BCUT2D eigenvalue weighted by molar-refractivity contribution is 9.10. The van der Waals surface area contributed by atoms with Crippen molar-refractivity contribution in [2.24, 2.45) is 0 Å². The Hall–Kier alpha value is -0.610. The molecule has 1 saturated heterocycles. The number of aliphatic hydroxyl groups is 3. The van der Waals surface area contributed by atoms with Crippen LogP contribution in [-0.2, 0) is 4.74 Å². The molecule has 25 heavy (non-hydrogen) atoms. The molecule has 7 nitrogen and oxygen atoms in total. The van der Waals surface area contributed by atoms with E-state index in [4.69, 9.17) is 27.9 Å². The molecule has 10 heteroatoms. The van der Waals surface area contributed by atoms with Gasteiger partial charge < -0.3 is 28.5 Å². The van der Waals surface area contributed by atoms with Gasteiger partial charge in [-0.15, -0.1) is 0 Å². The minimum Gasteiger partial charge on any atom is -0.394 e. The van der Waals surface area contributed by atoms with E-state index in [-0.39, 0.29) is 0 Å². The standard InChI is InChI=1S/C15H16BrCl2N3O4/c16-21(6-1-2-6)12-10(18)7(17)3-8-11(12)19-5-20(8)15-14(24)13(23)9(4-22)25-15/h3,5-6,9,13-15,22-24H,1-2,4H2/t9-,13-,14-,15-/m1/s1. The lowest BCUT2D eigenvalue weighted by atomic mass is 10.1. The lowest BCUT2D eigenvalue weighted by molar-refractivity contribution is -0.0508. The Kier molecular flexibility index (Phi) is 4.64. The average Bonchev–Trinajstić information content (AvgIpc) is 3.32. The molecule has 1 aromatic carbocycles. The summed E-state index contributed by atoms with van der Waals surface area (Å²) in [6, 6.07) is 1.98. The van der Waals surface area contributed by atoms with Gasteiger partial charge >= 0.3 is 0 Å². The topological polar surface area (TPSA) is 91.0 Å². The van der Waals surface area contributed by atoms with Gasteiger partial charge in [0, 0.05) is 6.04 Å². The number of nitrogens with zero attached hydrogens (tertiary/aromatic N) is 3. The Morgan fingerprint density at radius 1 is 1.32 bits per heavy atom. The molecule has 0 radical (unpaired) electrons. The zero-order valence-electron chi connectivity index (χ0n) is 12.9. The highest BCUT2D eigenvalue weighted by Crippen LogP contribution is 2.45. The zero-order valence-corrected chi connectivity index (χ0v) is 16.0. The lowest BCUT2D eigenvalue weighted by Gasteiger charge is -2.20. The average molecular weight is 453 g/mol. The molecule has 4 rings (SSSR count). The SMILES string of the molecule is OC[C@H]1O[C@@H](n2cnc3c(N(Br)C4CC4)c(Cl)c(Cl)cc32)[C@H](O)[C@@H]1O. The number of aromatic nitrogens is 2. The number of imidazole rings is 1. The van der Waals surface area contributed by atoms with Crippen molar-refractivity contribution in [3.63, 3.8) is 0 Å². The van der Waals surface area contributed by atoms with Crippen molar-refractivity contribution >= 4 is 56.1 Å². The smallest absolute Gasteiger partial charge is 0.164 e. The Bertz CT molecular complexity index is 816. The van der Waals surface area contributed by atoms with Crippen molar-refractivity contribution in [2.75, 3.05) is 10.5 Å². The molecule has 1 aliphatic carbocycles. The number of ether oxygens (including phenoxy) is 1. The first kappa shape index (κ1) is 17.8. The molecule has 2 aromatic rings. The van der Waals surface area contributed by atoms with Gasteiger partial charge in [0.05, 0.1) is 50.3 Å². The van der Waals surface area contributed by atoms with Gasteiger partial charge in [0.15, 0.2) is 6.23 Å². The molecule has 1 saturated carbocycles. The fourth-order valence-electron chi connectivity index (χ4n) is 3.09. The van der Waals surface area contributed by atoms with Crippen LogP contribution < -0.4 is 3.93 Å². The van der Waals surface area contributed by atoms with E-state index in [9.17, 15) is 15.3 Å². The van der Waals surface area contributed by atoms with E-state index >= 15 is 0 Å². The summed E-state index contributed by atoms with van der Waals surface area (Å²) < 4.78 is 9.07. The third kappa shape index (κ3) is 2.84. The van der Waals surface area contributed by atoms with Crippen molar-refractivity contribution in [2.45, 2.75) is 43.4 Å². The van der Waals surface area contributed by atoms with Crippen LogP contribution in [0.1, 0.15) is 19.1 Å². The zero-order chi connectivity index (χ0) is 17.9. The van der Waals surface area contributed by atoms with Crippen LogP contribution in [0, 0.1) is 0 Å². The normalized spacial score (nSPS) is 29.5. The van der Waals surface area contributed by atoms with Crippen molar-refractivity contribution in [1.82, 2.24) is 9.55 Å². The summed E-state index contributed by atoms with van der Waals surface area (Å²) in [5, 5.41) is 30.3. The van der Waals surface area contributed by atoms with Crippen LogP contribution in [0.15, 0.2) is 12.4 Å². The van der Waals surface area contributed by atoms with Crippen LogP contribution in [0.4, 0.5) is 5.69 Å². The van der Waals surface area contributed by atoms with E-state index in [0.29, 0.717) is 32.8 Å². The monoisotopic (exact) mass is 451 g/mol. The van der Waals surface area contributed by atoms with E-state index in [1.54, 1.807) is 10.6 Å². The summed E-state index contributed by atoms with van der Waals surface area (Å²) in [6.45, 7) is -0.393. The summed E-state index contributed by atoms with van der Waals surface area (Å²) in [4.78, 5) is 4.42. The predicted molar refractivity (Wildman–Crippen MR) is 97.2 cm³/mol. The van der Waals surface area contributed by atoms with Crippen LogP contribution in [0.5, 0.6) is 0 Å². The maximum Gasteiger partial charge on any atom is 0.164 e. The van der Waals surface area contributed by atoms with Crippen LogP contribution >= 0.6 is 39.3 Å². The second kappa shape index (κ2) is 6.53. The fourth-order valence-corrected chi connectivity index (χ4v) is 4.37. The molecular weight excluding hydrogens is 437 g/mol. The minimum atomic E-state index is -1.20. The van der Waals surface area contributed by atoms with Crippen LogP contribution in [0.25, 0.3) is 11.0 Å². The summed E-state index contributed by atoms with van der Waals surface area (Å²) in [6.07, 6.45) is -0.527. The highest BCUT2D eigenvalue weighted by atomic mass is 79.9. The summed E-state index contributed by atoms with van der Waals surface area (Å²) >= 11 is 16.2. The third-order valence-electron chi connectivity index (χ3n) is 4.61. The second-order valence-electron chi connectivity index (χ2n) is 6.31. The van der Waals surface area contributed by atoms with Gasteiger partial charge in [0.25, 0.3) is 0 Å². The number of halogens is 3. The molecule has 0 unspecified atom stereocenters. The Morgan fingerprint density at radius 3 is 2.64 bits per heavy atom. The molecule has 3 N–H and O–H groups in total. The Labute approximate surface area is 162 Å². The Balaban J connectivity index is 1.82. The van der Waals surface area contributed by atoms with Gasteiger partial charge in [-0.3, -0.25) is 0 Å². The van der Waals surface area contributed by atoms with Gasteiger partial charge in [0.1, 0.15) is 23.8 Å². The summed E-state index contributed by atoms with van der Waals surface area (Å²) in [5.41, 5.74) is 1.89. The number of aliphatic hydroxyl groups excluding tert-OH is 3. The van der Waals surface area contributed by atoms with Gasteiger partial charge in [-0.25, -0.2) is 4.98 Å². The van der Waals surface area contributed by atoms with Crippen molar-refractivity contribution in [1.29, 1.82) is 0 Å². The Morgan fingerprint density at radius 2 is 2.04 bits per heavy atom. The predicted octanol–water partition coefficient (Wildman–Crippen LogP) is 2.23. The molecule has 1 aromatic heterocycles. The first-order chi connectivity index (χ1) is 11.9. The quantitative estimate of drug-likeness (QED) is 0.616. The molecule has 2 heterocycles. The van der Waals surface area contributed by atoms with Crippen LogP contribution in [0.2, 0.25) is 10.0 Å². The van der Waals surface area contributed by atoms with E-state index in [0.717, 1.165) is 12.8 Å². The molecule has 0 amide bonds. The number of anilines is 1. The van der Waals surface area contributed by atoms with Crippen molar-refractivity contribution in [3.8, 4) is 0 Å². The lowest BCUT2D eigenvalue weighted by Crippen LogP contribution is -2.33. The number of benzene rings is 1. The summed E-state index contributed by atoms with van der Waals surface area (Å²) in [7, 11) is 0. The van der Waals surface area contributed by atoms with Gasteiger partial charge in [-0.1, -0.05) is 23.2 Å². The molecule has 2 aliphatic rings. The van der Waals surface area contributed by atoms with E-state index in [1.165, 1.54) is 6.33 Å². The summed E-state index contributed by atoms with van der Waals surface area (Å²) in [5.74, 6) is 0. The molecule has 4 atom stereocenters. The first-order valence-corrected chi connectivity index (χ1v) is 9.32. The largest absolute Gasteiger partial charge is 0.394 e. The second-order valence-corrected chi connectivity index (χ2v) is 7.86. The molecule has 136 valence electrons. The number of hydrogen-bond donors (Lipinski definition) is 3. The van der Waals surface area contributed by atoms with E-state index < -0.39 is 31.1 Å². The number of fused-ring (bicyclic) bond motifs is 1. The van der Waals surface area contributed by atoms with Crippen LogP contribution in [0.3, 0.4) is 0 Å². The maximum absolute atomic E-state index is 10.3. The first-order valence-electron chi connectivity index (χ1n) is 7.86. The molecule has 2 fully saturated rings. The third-order valence-corrected chi connectivity index (χ3v) is 6.32. The molecule has 1 aliphatic heterocycles. The van der Waals surface area contributed by atoms with E-state index in [1.807, 2.05) is 3.93 Å². The molecular formula is C15H16BrCl2N3O4. The number of rotatable bonds is 4. The van der Waals surface area contributed by atoms with Crippen LogP contribution in [-0.4, -0.2) is 55.8 Å². The number of hydrogen-bond acceptors (Lipinski definition) is 6. The van der Waals surface area contributed by atoms with Crippen molar-refractivity contribution < 1.29 is 20.1 Å². The van der Waals surface area contributed by atoms with Gasteiger partial charge in [-0.2, -0.15) is 0 Å². The highest BCUT2D eigenvalue weighted by Gasteiger charge is 2.44. The molecule has 0 bridgehead atoms. The molecule has 0 spiro atoms. The minimum absolute atomic E-state index is 0.332. The van der Waals surface area contributed by atoms with Crippen molar-refractivity contribution in [3.05, 3.63) is 22.4 Å². The fraction of sp³-hybridized carbons (Fsp3) is 0.533. The van der Waals surface area contributed by atoms with Gasteiger partial charge in [0.2, 0.25) is 0 Å². The maximum atomic E-state index is 10.3.